The van der Waals surface area contributed by atoms with Crippen LogP contribution in [0.15, 0.2) is 11.0 Å². The number of amides is 2. The monoisotopic (exact) mass is 554 g/mol. The van der Waals surface area contributed by atoms with Gasteiger partial charge >= 0.3 is 177 Å². The van der Waals surface area contributed by atoms with Gasteiger partial charge in [-0.1, -0.05) is 46.0 Å². The van der Waals surface area contributed by atoms with Gasteiger partial charge in [0.25, 0.3) is 0 Å². The van der Waals surface area contributed by atoms with Crippen LogP contribution in [0, 0.1) is 0 Å². The molecule has 0 aliphatic rings. The van der Waals surface area contributed by atoms with Crippen molar-refractivity contribution >= 4 is 36.6 Å². The molecule has 0 aliphatic carbocycles. The number of unbranched alkanes of at least 4 members (excludes halogenated alkanes) is 18. The summed E-state index contributed by atoms with van der Waals surface area (Å²) in [4.78, 5) is 26.8. The van der Waals surface area contributed by atoms with E-state index in [1.807, 2.05) is 6.07 Å². The SMILES string of the molecule is CCCCCCCCCCCCC(=O)Nc1cc[se]c1NC(=O)CCCCCCCCCCCC. The number of anilines is 2. The Labute approximate surface area is 222 Å². The van der Waals surface area contributed by atoms with Crippen LogP contribution in [0.2, 0.25) is 0 Å². The molecule has 2 amide bonds. The standard InChI is InChI=1S/C30H54N2O2Se/c1-3-5-7-9-11-13-15-17-19-21-23-28(33)31-27-25-26-35-30(27)32-29(34)24-22-20-18-16-14-12-10-8-6-4-2/h25-26H,3-24H2,1-2H3,(H,31,33)(H,32,34). The van der Waals surface area contributed by atoms with Crippen molar-refractivity contribution in [1.82, 2.24) is 0 Å². The average Bonchev–Trinajstić information content (AvgIpc) is 3.27. The minimum Gasteiger partial charge on any atom is -0.0654 e. The van der Waals surface area contributed by atoms with Crippen molar-refractivity contribution in [2.24, 2.45) is 0 Å². The topological polar surface area (TPSA) is 58.2 Å². The molecule has 0 unspecified atom stereocenters. The molecule has 202 valence electrons. The predicted molar refractivity (Wildman–Crippen MR) is 154 cm³/mol. The molecular formula is C30H54N2O2Se. The Balaban J connectivity index is 2.06. The van der Waals surface area contributed by atoms with Crippen LogP contribution in [-0.4, -0.2) is 26.3 Å². The maximum absolute atomic E-state index is 12.4. The first-order chi connectivity index (χ1) is 17.2. The number of carbonyl (C=O) groups is 2. The fourth-order valence-corrected chi connectivity index (χ4v) is 6.04. The molecule has 0 saturated heterocycles. The summed E-state index contributed by atoms with van der Waals surface area (Å²) >= 11 is 0.104. The Bertz CT molecular complexity index is 592. The van der Waals surface area contributed by atoms with E-state index in [-0.39, 0.29) is 26.3 Å². The molecule has 0 spiro atoms. The van der Waals surface area contributed by atoms with Crippen LogP contribution in [0.3, 0.4) is 0 Å². The summed E-state index contributed by atoms with van der Waals surface area (Å²) < 4.78 is 0.908. The van der Waals surface area contributed by atoms with Gasteiger partial charge in [-0.25, -0.2) is 0 Å². The molecule has 0 atom stereocenters. The van der Waals surface area contributed by atoms with E-state index in [0.717, 1.165) is 35.9 Å². The second-order valence-corrected chi connectivity index (χ2v) is 12.0. The van der Waals surface area contributed by atoms with E-state index < -0.39 is 0 Å². The second-order valence-electron chi connectivity index (χ2n) is 10.1. The molecule has 1 aromatic rings. The fraction of sp³-hybridized carbons (Fsp3) is 0.800. The summed E-state index contributed by atoms with van der Waals surface area (Å²) in [5, 5.41) is 6.09. The molecule has 35 heavy (non-hydrogen) atoms. The number of rotatable bonds is 24. The molecule has 2 N–H and O–H groups in total. The van der Waals surface area contributed by atoms with Crippen molar-refractivity contribution in [2.75, 3.05) is 10.6 Å². The second kappa shape index (κ2) is 23.3. The zero-order valence-corrected chi connectivity index (χ0v) is 24.6. The van der Waals surface area contributed by atoms with E-state index in [4.69, 9.17) is 0 Å². The molecular weight excluding hydrogens is 499 g/mol. The Morgan fingerprint density at radius 1 is 0.571 bits per heavy atom. The van der Waals surface area contributed by atoms with Crippen molar-refractivity contribution in [2.45, 2.75) is 155 Å². The van der Waals surface area contributed by atoms with Crippen molar-refractivity contribution in [3.05, 3.63) is 11.0 Å². The molecule has 0 radical (unpaired) electrons. The summed E-state index contributed by atoms with van der Waals surface area (Å²) in [6, 6.07) is 1.95. The minimum absolute atomic E-state index is 0.0726. The number of nitrogens with one attached hydrogen (secondary N) is 2. The smallest absolute Gasteiger partial charge is 0.0654 e. The van der Waals surface area contributed by atoms with Crippen molar-refractivity contribution in [3.8, 4) is 0 Å². The first kappa shape index (κ1) is 32.0. The fourth-order valence-electron chi connectivity index (χ4n) is 4.45. The predicted octanol–water partition coefficient (Wildman–Crippen LogP) is 9.24. The van der Waals surface area contributed by atoms with Gasteiger partial charge in [0.2, 0.25) is 0 Å². The Kier molecular flexibility index (Phi) is 21.3. The number of hydrogen-bond donors (Lipinski definition) is 2. The van der Waals surface area contributed by atoms with Gasteiger partial charge in [0.05, 0.1) is 0 Å². The van der Waals surface area contributed by atoms with Gasteiger partial charge in [-0.2, -0.15) is 0 Å². The summed E-state index contributed by atoms with van der Waals surface area (Å²) in [6.45, 7) is 4.51. The molecule has 0 bridgehead atoms. The molecule has 1 heterocycles. The zero-order chi connectivity index (χ0) is 25.4. The van der Waals surface area contributed by atoms with E-state index >= 15 is 0 Å². The molecule has 0 saturated carbocycles. The van der Waals surface area contributed by atoms with Gasteiger partial charge < -0.3 is 0 Å². The molecule has 0 aromatic carbocycles. The van der Waals surface area contributed by atoms with E-state index in [1.165, 1.54) is 103 Å². The van der Waals surface area contributed by atoms with Gasteiger partial charge in [-0.3, -0.25) is 0 Å². The van der Waals surface area contributed by atoms with Crippen LogP contribution < -0.4 is 10.6 Å². The third-order valence-electron chi connectivity index (χ3n) is 6.71. The summed E-state index contributed by atoms with van der Waals surface area (Å²) in [5.74, 6) is 0.162. The van der Waals surface area contributed by atoms with Crippen LogP contribution >= 0.6 is 0 Å². The van der Waals surface area contributed by atoms with E-state index in [9.17, 15) is 9.59 Å². The van der Waals surface area contributed by atoms with E-state index in [0.29, 0.717) is 12.8 Å². The summed E-state index contributed by atoms with van der Waals surface area (Å²) in [6.07, 6.45) is 26.6. The molecule has 1 rings (SSSR count). The molecule has 1 aromatic heterocycles. The quantitative estimate of drug-likeness (QED) is 0.0990. The van der Waals surface area contributed by atoms with E-state index in [1.54, 1.807) is 0 Å². The molecule has 0 fully saturated rings. The third-order valence-corrected chi connectivity index (χ3v) is 8.45. The number of carbonyl (C=O) groups excluding carboxylic acids is 2. The van der Waals surface area contributed by atoms with Crippen LogP contribution in [0.4, 0.5) is 10.2 Å². The average molecular weight is 554 g/mol. The minimum atomic E-state index is 0.0726. The molecule has 5 heteroatoms. The van der Waals surface area contributed by atoms with Crippen molar-refractivity contribution < 1.29 is 9.59 Å². The number of hydrogen-bond acceptors (Lipinski definition) is 2. The van der Waals surface area contributed by atoms with Crippen LogP contribution in [0.25, 0.3) is 0 Å². The van der Waals surface area contributed by atoms with Gasteiger partial charge in [-0.15, -0.1) is 0 Å². The van der Waals surface area contributed by atoms with Gasteiger partial charge in [0.1, 0.15) is 0 Å². The van der Waals surface area contributed by atoms with Crippen LogP contribution in [0.5, 0.6) is 0 Å². The van der Waals surface area contributed by atoms with Crippen LogP contribution in [-0.2, 0) is 9.59 Å². The van der Waals surface area contributed by atoms with E-state index in [2.05, 4.69) is 29.4 Å². The summed E-state index contributed by atoms with van der Waals surface area (Å²) in [7, 11) is 0. The van der Waals surface area contributed by atoms with Crippen molar-refractivity contribution in [1.29, 1.82) is 0 Å². The third kappa shape index (κ3) is 18.8. The molecule has 4 nitrogen and oxygen atoms in total. The Morgan fingerprint density at radius 2 is 0.943 bits per heavy atom. The zero-order valence-electron chi connectivity index (χ0n) is 22.9. The summed E-state index contributed by atoms with van der Waals surface area (Å²) in [5.41, 5.74) is 0.804. The first-order valence-electron chi connectivity index (χ1n) is 14.8. The normalized spacial score (nSPS) is 11.0. The Hall–Kier alpha value is -1.06. The maximum atomic E-state index is 12.4. The van der Waals surface area contributed by atoms with Crippen molar-refractivity contribution in [3.63, 3.8) is 0 Å². The Morgan fingerprint density at radius 3 is 1.37 bits per heavy atom. The van der Waals surface area contributed by atoms with Crippen LogP contribution in [0.1, 0.15) is 155 Å². The molecule has 0 aliphatic heterocycles. The van der Waals surface area contributed by atoms with Gasteiger partial charge in [0, 0.05) is 0 Å². The van der Waals surface area contributed by atoms with Gasteiger partial charge in [-0.05, 0) is 0 Å². The van der Waals surface area contributed by atoms with Gasteiger partial charge in [0.15, 0.2) is 0 Å². The first-order valence-corrected chi connectivity index (χ1v) is 16.7.